The highest BCUT2D eigenvalue weighted by atomic mass is 19.4. The molecule has 1 fully saturated rings. The molecule has 3 heterocycles. The molecule has 0 bridgehead atoms. The van der Waals surface area contributed by atoms with E-state index in [1.807, 2.05) is 0 Å². The largest absolute Gasteiger partial charge is 0.497 e. The lowest BCUT2D eigenvalue weighted by molar-refractivity contribution is -0.203. The lowest BCUT2D eigenvalue weighted by atomic mass is 10.1. The average Bonchev–Trinajstić information content (AvgIpc) is 3.22. The molecule has 0 aliphatic carbocycles. The number of carbonyl (C=O) groups is 2. The molecule has 2 aromatic rings. The van der Waals surface area contributed by atoms with Crippen LogP contribution in [0.5, 0.6) is 5.75 Å². The van der Waals surface area contributed by atoms with Gasteiger partial charge in [0.05, 0.1) is 19.9 Å². The Morgan fingerprint density at radius 3 is 2.63 bits per heavy atom. The van der Waals surface area contributed by atoms with Gasteiger partial charge < -0.3 is 19.8 Å². The van der Waals surface area contributed by atoms with Gasteiger partial charge in [-0.15, -0.1) is 5.92 Å². The summed E-state index contributed by atoms with van der Waals surface area (Å²) in [6.45, 7) is 2.93. The number of fused-ring (bicyclic) bond motifs is 1. The van der Waals surface area contributed by atoms with Gasteiger partial charge in [-0.1, -0.05) is 18.1 Å². The summed E-state index contributed by atoms with van der Waals surface area (Å²) < 4.78 is 45.5. The standard InChI is InChI=1S/C24H25F3N6O5/c1-3-4-10-31-20-18(33(38-22(36)24(25,26)27)23(31)30-11-8-28-9-12-30)14-29-32(21(20)35)15-19(34)16-6-5-7-17(13-16)37-2/h5-7,13-14,23,28H,8-12,15H2,1-2H3. The second-order valence-corrected chi connectivity index (χ2v) is 8.39. The van der Waals surface area contributed by atoms with Crippen LogP contribution in [0.4, 0.5) is 24.5 Å². The molecule has 2 aliphatic heterocycles. The number of aromatic nitrogens is 2. The normalized spacial score (nSPS) is 17.4. The highest BCUT2D eigenvalue weighted by molar-refractivity contribution is 5.96. The number of ether oxygens (including phenoxy) is 1. The van der Waals surface area contributed by atoms with E-state index in [9.17, 15) is 27.6 Å². The molecule has 202 valence electrons. The molecule has 1 aromatic heterocycles. The summed E-state index contributed by atoms with van der Waals surface area (Å²) in [5, 5.41) is 7.91. The highest BCUT2D eigenvalue weighted by Gasteiger charge is 2.49. The molecule has 38 heavy (non-hydrogen) atoms. The Labute approximate surface area is 215 Å². The summed E-state index contributed by atoms with van der Waals surface area (Å²) in [5.74, 6) is 3.11. The number of Topliss-reactive ketones (excluding diaryl/α,β-unsaturated/α-hetero) is 1. The van der Waals surface area contributed by atoms with Crippen molar-refractivity contribution in [1.29, 1.82) is 0 Å². The molecule has 11 nitrogen and oxygen atoms in total. The number of hydroxylamine groups is 1. The number of hydrogen-bond acceptors (Lipinski definition) is 10. The minimum atomic E-state index is -5.27. The molecule has 0 radical (unpaired) electrons. The van der Waals surface area contributed by atoms with Crippen molar-refractivity contribution in [3.05, 3.63) is 46.4 Å². The summed E-state index contributed by atoms with van der Waals surface area (Å²) >= 11 is 0. The molecule has 4 rings (SSSR count). The van der Waals surface area contributed by atoms with Crippen molar-refractivity contribution in [3.8, 4) is 17.6 Å². The first-order valence-electron chi connectivity index (χ1n) is 11.6. The Morgan fingerprint density at radius 1 is 1.24 bits per heavy atom. The second-order valence-electron chi connectivity index (χ2n) is 8.39. The van der Waals surface area contributed by atoms with Crippen LogP contribution in [0.15, 0.2) is 35.3 Å². The molecular formula is C24H25F3N6O5. The van der Waals surface area contributed by atoms with Crippen LogP contribution in [-0.2, 0) is 16.2 Å². The first kappa shape index (κ1) is 27.0. The number of piperazine rings is 1. The predicted molar refractivity (Wildman–Crippen MR) is 129 cm³/mol. The van der Waals surface area contributed by atoms with Gasteiger partial charge in [0, 0.05) is 31.7 Å². The lowest BCUT2D eigenvalue weighted by Crippen LogP contribution is -2.61. The maximum Gasteiger partial charge on any atom is 0.493 e. The number of rotatable bonds is 7. The summed E-state index contributed by atoms with van der Waals surface area (Å²) in [5.41, 5.74) is -0.687. The van der Waals surface area contributed by atoms with E-state index in [2.05, 4.69) is 22.3 Å². The third-order valence-electron chi connectivity index (χ3n) is 6.01. The zero-order valence-corrected chi connectivity index (χ0v) is 20.6. The van der Waals surface area contributed by atoms with Gasteiger partial charge in [0.25, 0.3) is 5.56 Å². The molecule has 2 aliphatic rings. The van der Waals surface area contributed by atoms with Crippen LogP contribution >= 0.6 is 0 Å². The molecule has 1 atom stereocenters. The minimum absolute atomic E-state index is 0.0543. The van der Waals surface area contributed by atoms with Crippen molar-refractivity contribution in [2.75, 3.05) is 49.8 Å². The average molecular weight is 534 g/mol. The fourth-order valence-electron chi connectivity index (χ4n) is 4.22. The number of halogens is 3. The molecule has 1 aromatic carbocycles. The Morgan fingerprint density at radius 2 is 1.97 bits per heavy atom. The van der Waals surface area contributed by atoms with Gasteiger partial charge in [-0.2, -0.15) is 23.3 Å². The third kappa shape index (κ3) is 5.43. The third-order valence-corrected chi connectivity index (χ3v) is 6.01. The van der Waals surface area contributed by atoms with Gasteiger partial charge >= 0.3 is 12.1 Å². The van der Waals surface area contributed by atoms with Gasteiger partial charge in [-0.05, 0) is 19.1 Å². The monoisotopic (exact) mass is 534 g/mol. The molecule has 0 amide bonds. The maximum atomic E-state index is 13.6. The quantitative estimate of drug-likeness (QED) is 0.408. The van der Waals surface area contributed by atoms with Crippen LogP contribution < -0.4 is 25.6 Å². The number of alkyl halides is 3. The van der Waals surface area contributed by atoms with E-state index in [-0.39, 0.29) is 23.5 Å². The van der Waals surface area contributed by atoms with Crippen molar-refractivity contribution in [2.24, 2.45) is 0 Å². The van der Waals surface area contributed by atoms with Gasteiger partial charge in [-0.25, -0.2) is 9.48 Å². The van der Waals surface area contributed by atoms with E-state index in [0.717, 1.165) is 15.9 Å². The number of anilines is 2. The first-order chi connectivity index (χ1) is 18.2. The zero-order chi connectivity index (χ0) is 27.4. The maximum absolute atomic E-state index is 13.6. The fourth-order valence-corrected chi connectivity index (χ4v) is 4.22. The van der Waals surface area contributed by atoms with Gasteiger partial charge in [0.1, 0.15) is 23.7 Å². The van der Waals surface area contributed by atoms with E-state index in [0.29, 0.717) is 31.9 Å². The second kappa shape index (κ2) is 11.1. The molecule has 14 heteroatoms. The van der Waals surface area contributed by atoms with Crippen molar-refractivity contribution in [1.82, 2.24) is 20.0 Å². The Bertz CT molecular complexity index is 1330. The number of nitrogens with zero attached hydrogens (tertiary/aromatic N) is 5. The summed E-state index contributed by atoms with van der Waals surface area (Å²) in [7, 11) is 1.45. The molecule has 1 unspecified atom stereocenters. The predicted octanol–water partition coefficient (Wildman–Crippen LogP) is 0.994. The Hall–Kier alpha value is -4.09. The van der Waals surface area contributed by atoms with Gasteiger partial charge in [-0.3, -0.25) is 14.5 Å². The molecule has 1 saturated heterocycles. The van der Waals surface area contributed by atoms with Crippen LogP contribution in [0.2, 0.25) is 0 Å². The first-order valence-corrected chi connectivity index (χ1v) is 11.6. The number of nitrogens with one attached hydrogen (secondary N) is 1. The highest BCUT2D eigenvalue weighted by Crippen LogP contribution is 2.38. The van der Waals surface area contributed by atoms with Crippen LogP contribution in [0, 0.1) is 11.8 Å². The van der Waals surface area contributed by atoms with E-state index in [4.69, 9.17) is 9.57 Å². The van der Waals surface area contributed by atoms with Crippen LogP contribution in [-0.4, -0.2) is 78.7 Å². The zero-order valence-electron chi connectivity index (χ0n) is 20.6. The molecule has 0 spiro atoms. The van der Waals surface area contributed by atoms with Crippen LogP contribution in [0.1, 0.15) is 17.3 Å². The fraction of sp³-hybridized carbons (Fsp3) is 0.417. The van der Waals surface area contributed by atoms with Crippen LogP contribution in [0.25, 0.3) is 0 Å². The summed E-state index contributed by atoms with van der Waals surface area (Å²) in [4.78, 5) is 46.4. The van der Waals surface area contributed by atoms with Crippen molar-refractivity contribution >= 4 is 23.1 Å². The van der Waals surface area contributed by atoms with Crippen LogP contribution in [0.3, 0.4) is 0 Å². The van der Waals surface area contributed by atoms with E-state index < -0.39 is 36.3 Å². The van der Waals surface area contributed by atoms with E-state index in [1.54, 1.807) is 30.0 Å². The number of hydrogen-bond donors (Lipinski definition) is 1. The summed E-state index contributed by atoms with van der Waals surface area (Å²) in [6.07, 6.45) is -5.25. The Kier molecular flexibility index (Phi) is 7.88. The van der Waals surface area contributed by atoms with E-state index >= 15 is 0 Å². The number of carbonyl (C=O) groups excluding carboxylic acids is 2. The summed E-state index contributed by atoms with van der Waals surface area (Å²) in [6, 6.07) is 6.37. The molecular weight excluding hydrogens is 509 g/mol. The topological polar surface area (TPSA) is 109 Å². The SMILES string of the molecule is CC#CCN1c2c(cnn(CC(=O)c3cccc(OC)c3)c2=O)N(OC(=O)C(F)(F)F)C1N1CCNCC1. The number of benzene rings is 1. The number of ketones is 1. The minimum Gasteiger partial charge on any atom is -0.497 e. The Balaban J connectivity index is 1.76. The van der Waals surface area contributed by atoms with E-state index in [1.165, 1.54) is 18.1 Å². The molecule has 1 N–H and O–H groups in total. The number of methoxy groups -OCH3 is 1. The van der Waals surface area contributed by atoms with Gasteiger partial charge in [0.2, 0.25) is 0 Å². The van der Waals surface area contributed by atoms with Gasteiger partial charge in [0.15, 0.2) is 12.1 Å². The smallest absolute Gasteiger partial charge is 0.493 e. The molecule has 0 saturated carbocycles. The van der Waals surface area contributed by atoms with Crippen molar-refractivity contribution in [2.45, 2.75) is 25.9 Å². The van der Waals surface area contributed by atoms with Crippen molar-refractivity contribution < 1.29 is 32.3 Å². The van der Waals surface area contributed by atoms with Crippen molar-refractivity contribution in [3.63, 3.8) is 0 Å². The lowest BCUT2D eigenvalue weighted by Gasteiger charge is -2.40.